The van der Waals surface area contributed by atoms with E-state index >= 15 is 0 Å². The molecule has 14 nitrogen and oxygen atoms in total. The van der Waals surface area contributed by atoms with E-state index in [2.05, 4.69) is 0 Å². The minimum absolute atomic E-state index is 0. The number of hydrogen-bond donors (Lipinski definition) is 10. The molecule has 0 fully saturated rings. The molecule has 10 N–H and O–H groups in total. The van der Waals surface area contributed by atoms with Gasteiger partial charge in [-0.2, -0.15) is 0 Å². The third-order valence-corrected chi connectivity index (χ3v) is 2.99. The van der Waals surface area contributed by atoms with Crippen LogP contribution < -0.4 is 10.2 Å². The molecule has 0 aliphatic rings. The van der Waals surface area contributed by atoms with Gasteiger partial charge in [0.2, 0.25) is 0 Å². The number of rotatable bonds is 10. The van der Waals surface area contributed by atoms with Gasteiger partial charge in [0.25, 0.3) is 0 Å². The van der Waals surface area contributed by atoms with Crippen molar-refractivity contribution < 1.29 is 70.9 Å². The number of aliphatic hydroxyl groups is 10. The zero-order valence-electron chi connectivity index (χ0n) is 13.8. The predicted octanol–water partition coefficient (Wildman–Crippen LogP) is -10.0. The summed E-state index contributed by atoms with van der Waals surface area (Å²) < 4.78 is 0. The van der Waals surface area contributed by atoms with Gasteiger partial charge < -0.3 is 70.9 Å². The summed E-state index contributed by atoms with van der Waals surface area (Å²) in [5.41, 5.74) is 0. The van der Waals surface area contributed by atoms with E-state index in [9.17, 15) is 19.8 Å². The van der Waals surface area contributed by atoms with Crippen LogP contribution in [-0.4, -0.2) is 171 Å². The first-order valence-electron chi connectivity index (χ1n) is 6.91. The van der Waals surface area contributed by atoms with Crippen molar-refractivity contribution in [3.05, 3.63) is 0 Å². The zero-order valence-corrected chi connectivity index (χ0v) is 17.3. The van der Waals surface area contributed by atoms with Crippen LogP contribution in [0.2, 0.25) is 0 Å². The smallest absolute Gasteiger partial charge is 0.547 e. The minimum Gasteiger partial charge on any atom is -0.547 e. The Balaban J connectivity index is -0.000000411. The number of carbonyl (C=O) groups excluding carboxylic acids is 2. The molecular formula is C12H22O14Sr. The van der Waals surface area contributed by atoms with Gasteiger partial charge in [-0.1, -0.05) is 0 Å². The summed E-state index contributed by atoms with van der Waals surface area (Å²) in [6.45, 7) is -1.73. The van der Waals surface area contributed by atoms with Crippen LogP contribution in [0.3, 0.4) is 0 Å². The number of hydrogen-bond acceptors (Lipinski definition) is 14. The Morgan fingerprint density at radius 1 is 0.593 bits per heavy atom. The van der Waals surface area contributed by atoms with E-state index in [0.29, 0.717) is 0 Å². The van der Waals surface area contributed by atoms with Crippen LogP contribution in [-0.2, 0) is 9.59 Å². The van der Waals surface area contributed by atoms with E-state index < -0.39 is 74.0 Å². The van der Waals surface area contributed by atoms with Crippen LogP contribution in [0.5, 0.6) is 0 Å². The second-order valence-electron chi connectivity index (χ2n) is 4.99. The Morgan fingerprint density at radius 3 is 0.963 bits per heavy atom. The summed E-state index contributed by atoms with van der Waals surface area (Å²) in [5, 5.41) is 107. The predicted molar refractivity (Wildman–Crippen MR) is 78.0 cm³/mol. The number of aliphatic carboxylic acids is 2. The molecule has 0 aromatic carbocycles. The summed E-state index contributed by atoms with van der Waals surface area (Å²) in [6.07, 6.45) is -16.2. The third kappa shape index (κ3) is 11.6. The van der Waals surface area contributed by atoms with Crippen molar-refractivity contribution in [1.82, 2.24) is 0 Å². The average molecular weight is 478 g/mol. The second-order valence-corrected chi connectivity index (χ2v) is 4.99. The quantitative estimate of drug-likeness (QED) is 0.131. The normalized spacial score (nSPS) is 19.6. The van der Waals surface area contributed by atoms with Gasteiger partial charge >= 0.3 is 45.5 Å². The van der Waals surface area contributed by atoms with E-state index in [0.717, 1.165) is 0 Å². The van der Waals surface area contributed by atoms with Crippen LogP contribution in [0.15, 0.2) is 0 Å². The van der Waals surface area contributed by atoms with E-state index in [-0.39, 0.29) is 45.5 Å². The molecule has 0 aliphatic carbocycles. The molecule has 0 spiro atoms. The van der Waals surface area contributed by atoms with Crippen molar-refractivity contribution >= 4 is 57.4 Å². The first-order chi connectivity index (χ1) is 11.8. The summed E-state index contributed by atoms with van der Waals surface area (Å²) in [6, 6.07) is 0. The van der Waals surface area contributed by atoms with Gasteiger partial charge in [0.05, 0.1) is 25.2 Å². The van der Waals surface area contributed by atoms with Gasteiger partial charge in [-0.05, 0) is 0 Å². The molecule has 8 unspecified atom stereocenters. The van der Waals surface area contributed by atoms with E-state index in [4.69, 9.17) is 51.1 Å². The molecule has 15 heteroatoms. The molecule has 0 rings (SSSR count). The maximum absolute atomic E-state index is 9.98. The van der Waals surface area contributed by atoms with Gasteiger partial charge in [0, 0.05) is 0 Å². The van der Waals surface area contributed by atoms with Gasteiger partial charge in [-0.25, -0.2) is 0 Å². The molecule has 0 radical (unpaired) electrons. The molecule has 0 aliphatic heterocycles. The fourth-order valence-corrected chi connectivity index (χ4v) is 1.32. The van der Waals surface area contributed by atoms with E-state index in [1.54, 1.807) is 0 Å². The molecule has 0 aromatic heterocycles. The van der Waals surface area contributed by atoms with Crippen LogP contribution in [0.1, 0.15) is 0 Å². The van der Waals surface area contributed by atoms with Crippen molar-refractivity contribution in [3.8, 4) is 0 Å². The molecule has 27 heavy (non-hydrogen) atoms. The van der Waals surface area contributed by atoms with Crippen molar-refractivity contribution in [2.75, 3.05) is 13.2 Å². The molecule has 0 saturated carbocycles. The Kier molecular flexibility index (Phi) is 18.7. The zero-order chi connectivity index (χ0) is 21.2. The van der Waals surface area contributed by atoms with Crippen molar-refractivity contribution in [2.45, 2.75) is 48.8 Å². The molecule has 156 valence electrons. The fourth-order valence-electron chi connectivity index (χ4n) is 1.32. The van der Waals surface area contributed by atoms with Crippen LogP contribution >= 0.6 is 0 Å². The first-order valence-corrected chi connectivity index (χ1v) is 6.91. The number of carbonyl (C=O) groups is 2. The van der Waals surface area contributed by atoms with Crippen LogP contribution in [0, 0.1) is 0 Å². The largest absolute Gasteiger partial charge is 2.00 e. The van der Waals surface area contributed by atoms with Gasteiger partial charge in [0.1, 0.15) is 48.8 Å². The van der Waals surface area contributed by atoms with Gasteiger partial charge in [-0.3, -0.25) is 0 Å². The maximum atomic E-state index is 9.98. The maximum Gasteiger partial charge on any atom is 2.00 e. The molecule has 0 bridgehead atoms. The van der Waals surface area contributed by atoms with Crippen LogP contribution in [0.4, 0.5) is 0 Å². The Labute approximate surface area is 189 Å². The Bertz CT molecular complexity index is 385. The molecular weight excluding hydrogens is 456 g/mol. The number of carboxylic acids is 2. The fraction of sp³-hybridized carbons (Fsp3) is 0.833. The molecule has 0 saturated heterocycles. The Hall–Kier alpha value is 0.0205. The number of carboxylic acid groups (broad SMARTS) is 2. The molecule has 0 heterocycles. The second kappa shape index (κ2) is 15.9. The standard InChI is InChI=1S/2C6H12O7.Sr/c2*7-1-2(8)3(9)4(10)5(11)6(12)13;/h2*2-5,7-11H,1H2,(H,12,13);/q;;+2/p-2. The SMILES string of the molecule is O=C([O-])C(O)C(O)C(O)C(O)CO.O=C([O-])C(O)C(O)C(O)C(O)CO.[Sr+2]. The summed E-state index contributed by atoms with van der Waals surface area (Å²) in [4.78, 5) is 20.0. The molecule has 0 aromatic rings. The Morgan fingerprint density at radius 2 is 0.815 bits per heavy atom. The summed E-state index contributed by atoms with van der Waals surface area (Å²) in [5.74, 6) is -3.95. The first kappa shape index (κ1) is 31.7. The minimum atomic E-state index is -2.31. The average Bonchev–Trinajstić information content (AvgIpc) is 2.62. The summed E-state index contributed by atoms with van der Waals surface area (Å²) in [7, 11) is 0. The van der Waals surface area contributed by atoms with Gasteiger partial charge in [-0.15, -0.1) is 0 Å². The molecule has 8 atom stereocenters. The van der Waals surface area contributed by atoms with E-state index in [1.165, 1.54) is 0 Å². The van der Waals surface area contributed by atoms with Crippen molar-refractivity contribution in [2.24, 2.45) is 0 Å². The summed E-state index contributed by atoms with van der Waals surface area (Å²) >= 11 is 0. The van der Waals surface area contributed by atoms with Gasteiger partial charge in [0.15, 0.2) is 0 Å². The van der Waals surface area contributed by atoms with E-state index in [1.807, 2.05) is 0 Å². The van der Waals surface area contributed by atoms with Crippen molar-refractivity contribution in [3.63, 3.8) is 0 Å². The topological polar surface area (TPSA) is 283 Å². The van der Waals surface area contributed by atoms with Crippen LogP contribution in [0.25, 0.3) is 0 Å². The third-order valence-electron chi connectivity index (χ3n) is 2.99. The monoisotopic (exact) mass is 478 g/mol. The van der Waals surface area contributed by atoms with Crippen molar-refractivity contribution in [1.29, 1.82) is 0 Å². The molecule has 0 amide bonds. The number of aliphatic hydroxyl groups excluding tert-OH is 10.